The molecule has 5 N–H and O–H groups in total. The van der Waals surface area contributed by atoms with Crippen molar-refractivity contribution >= 4 is 0 Å². The number of hydrogen-bond donors (Lipinski definition) is 3. The molecule has 2 unspecified atom stereocenters. The Bertz CT molecular complexity index is 425. The lowest BCUT2D eigenvalue weighted by Crippen LogP contribution is -2.56. The van der Waals surface area contributed by atoms with Crippen molar-refractivity contribution in [2.45, 2.75) is 18.1 Å². The Labute approximate surface area is 95.1 Å². The SMILES string of the molecule is NC1=CC=CC(O)C1(N)Cc1ccccc1. The first-order valence-electron chi connectivity index (χ1n) is 5.28. The Morgan fingerprint density at radius 2 is 1.94 bits per heavy atom. The van der Waals surface area contributed by atoms with Gasteiger partial charge in [-0.2, -0.15) is 0 Å². The minimum absolute atomic E-state index is 0.520. The second-order valence-electron chi connectivity index (χ2n) is 4.15. The second-order valence-corrected chi connectivity index (χ2v) is 4.15. The fraction of sp³-hybridized carbons (Fsp3) is 0.231. The van der Waals surface area contributed by atoms with Gasteiger partial charge in [0, 0.05) is 5.70 Å². The fourth-order valence-electron chi connectivity index (χ4n) is 1.90. The minimum Gasteiger partial charge on any atom is -0.400 e. The summed E-state index contributed by atoms with van der Waals surface area (Å²) in [5.74, 6) is 0. The lowest BCUT2D eigenvalue weighted by atomic mass is 9.81. The predicted molar refractivity (Wildman–Crippen MR) is 64.5 cm³/mol. The average molecular weight is 216 g/mol. The summed E-state index contributed by atoms with van der Waals surface area (Å²) in [4.78, 5) is 0. The third kappa shape index (κ3) is 1.87. The molecule has 84 valence electrons. The molecular weight excluding hydrogens is 200 g/mol. The van der Waals surface area contributed by atoms with Crippen molar-refractivity contribution in [1.29, 1.82) is 0 Å². The number of hydrogen-bond acceptors (Lipinski definition) is 3. The molecule has 0 saturated carbocycles. The van der Waals surface area contributed by atoms with E-state index in [2.05, 4.69) is 0 Å². The molecule has 16 heavy (non-hydrogen) atoms. The van der Waals surface area contributed by atoms with Gasteiger partial charge in [-0.15, -0.1) is 0 Å². The molecular formula is C13H16N2O. The van der Waals surface area contributed by atoms with E-state index in [0.717, 1.165) is 5.56 Å². The third-order valence-corrected chi connectivity index (χ3v) is 2.97. The Morgan fingerprint density at radius 3 is 2.56 bits per heavy atom. The van der Waals surface area contributed by atoms with E-state index in [4.69, 9.17) is 11.5 Å². The van der Waals surface area contributed by atoms with Crippen molar-refractivity contribution in [3.63, 3.8) is 0 Å². The van der Waals surface area contributed by atoms with E-state index >= 15 is 0 Å². The molecule has 0 amide bonds. The molecule has 0 heterocycles. The van der Waals surface area contributed by atoms with Crippen LogP contribution in [0.1, 0.15) is 5.56 Å². The summed E-state index contributed by atoms with van der Waals surface area (Å²) in [6.07, 6.45) is 4.94. The van der Waals surface area contributed by atoms with Gasteiger partial charge in [-0.25, -0.2) is 0 Å². The van der Waals surface area contributed by atoms with Crippen LogP contribution in [0.25, 0.3) is 0 Å². The van der Waals surface area contributed by atoms with Gasteiger partial charge < -0.3 is 16.6 Å². The van der Waals surface area contributed by atoms with Crippen LogP contribution >= 0.6 is 0 Å². The molecule has 0 aromatic heterocycles. The molecule has 1 aliphatic rings. The van der Waals surface area contributed by atoms with Crippen LogP contribution < -0.4 is 11.5 Å². The first-order valence-corrected chi connectivity index (χ1v) is 5.28. The van der Waals surface area contributed by atoms with Crippen molar-refractivity contribution in [3.05, 3.63) is 59.8 Å². The monoisotopic (exact) mass is 216 g/mol. The van der Waals surface area contributed by atoms with E-state index in [9.17, 15) is 5.11 Å². The highest BCUT2D eigenvalue weighted by molar-refractivity contribution is 5.34. The van der Waals surface area contributed by atoms with E-state index in [1.807, 2.05) is 30.3 Å². The van der Waals surface area contributed by atoms with Crippen LogP contribution in [0.5, 0.6) is 0 Å². The van der Waals surface area contributed by atoms with Crippen molar-refractivity contribution < 1.29 is 5.11 Å². The van der Waals surface area contributed by atoms with Gasteiger partial charge in [0.2, 0.25) is 0 Å². The largest absolute Gasteiger partial charge is 0.400 e. The maximum Gasteiger partial charge on any atom is 0.0962 e. The van der Waals surface area contributed by atoms with Gasteiger partial charge in [-0.3, -0.25) is 0 Å². The summed E-state index contributed by atoms with van der Waals surface area (Å²) >= 11 is 0. The van der Waals surface area contributed by atoms with Crippen molar-refractivity contribution in [2.24, 2.45) is 11.5 Å². The molecule has 3 heteroatoms. The Hall–Kier alpha value is -1.58. The van der Waals surface area contributed by atoms with Gasteiger partial charge in [0.25, 0.3) is 0 Å². The molecule has 3 nitrogen and oxygen atoms in total. The van der Waals surface area contributed by atoms with Gasteiger partial charge in [-0.1, -0.05) is 42.5 Å². The first-order chi connectivity index (χ1) is 7.63. The van der Waals surface area contributed by atoms with Crippen molar-refractivity contribution in [1.82, 2.24) is 0 Å². The summed E-state index contributed by atoms with van der Waals surface area (Å²) in [6, 6.07) is 9.80. The van der Waals surface area contributed by atoms with Gasteiger partial charge in [0.1, 0.15) is 0 Å². The van der Waals surface area contributed by atoms with Gasteiger partial charge in [0.15, 0.2) is 0 Å². The normalized spacial score (nSPS) is 28.9. The standard InChI is InChI=1S/C13H16N2O/c14-11-7-4-8-12(16)13(11,15)9-10-5-2-1-3-6-10/h1-8,12,16H,9,14-15H2. The minimum atomic E-state index is -0.893. The first kappa shape index (κ1) is 10.9. The molecule has 1 aromatic rings. The summed E-state index contributed by atoms with van der Waals surface area (Å²) in [5.41, 5.74) is 12.8. The van der Waals surface area contributed by atoms with E-state index in [1.54, 1.807) is 18.2 Å². The average Bonchev–Trinajstić information content (AvgIpc) is 2.28. The van der Waals surface area contributed by atoms with Crippen LogP contribution in [0, 0.1) is 0 Å². The van der Waals surface area contributed by atoms with Crippen LogP contribution in [0.4, 0.5) is 0 Å². The fourth-order valence-corrected chi connectivity index (χ4v) is 1.90. The lowest BCUT2D eigenvalue weighted by Gasteiger charge is -2.35. The molecule has 1 aromatic carbocycles. The molecule has 0 saturated heterocycles. The molecule has 2 rings (SSSR count). The number of nitrogens with two attached hydrogens (primary N) is 2. The molecule has 1 aliphatic carbocycles. The number of aliphatic hydroxyl groups excluding tert-OH is 1. The van der Waals surface area contributed by atoms with Gasteiger partial charge in [-0.05, 0) is 18.1 Å². The summed E-state index contributed by atoms with van der Waals surface area (Å²) < 4.78 is 0. The molecule has 2 atom stereocenters. The van der Waals surface area contributed by atoms with E-state index < -0.39 is 11.6 Å². The summed E-state index contributed by atoms with van der Waals surface area (Å²) in [6.45, 7) is 0. The molecule has 0 bridgehead atoms. The van der Waals surface area contributed by atoms with Crippen molar-refractivity contribution in [3.8, 4) is 0 Å². The molecule has 0 fully saturated rings. The topological polar surface area (TPSA) is 72.3 Å². The zero-order chi connectivity index (χ0) is 11.6. The predicted octanol–water partition coefficient (Wildman–Crippen LogP) is 0.700. The highest BCUT2D eigenvalue weighted by Gasteiger charge is 2.36. The highest BCUT2D eigenvalue weighted by Crippen LogP contribution is 2.24. The number of aliphatic hydroxyl groups is 1. The van der Waals surface area contributed by atoms with Crippen LogP contribution in [0.3, 0.4) is 0 Å². The number of rotatable bonds is 2. The third-order valence-electron chi connectivity index (χ3n) is 2.97. The van der Waals surface area contributed by atoms with Crippen LogP contribution in [-0.2, 0) is 6.42 Å². The maximum absolute atomic E-state index is 9.93. The summed E-state index contributed by atoms with van der Waals surface area (Å²) in [5, 5.41) is 9.93. The Balaban J connectivity index is 2.26. The molecule has 0 aliphatic heterocycles. The van der Waals surface area contributed by atoms with Crippen molar-refractivity contribution in [2.75, 3.05) is 0 Å². The van der Waals surface area contributed by atoms with E-state index in [0.29, 0.717) is 12.1 Å². The van der Waals surface area contributed by atoms with Crippen LogP contribution in [-0.4, -0.2) is 16.7 Å². The van der Waals surface area contributed by atoms with Crippen LogP contribution in [0.15, 0.2) is 54.3 Å². The zero-order valence-electron chi connectivity index (χ0n) is 9.01. The van der Waals surface area contributed by atoms with E-state index in [-0.39, 0.29) is 0 Å². The zero-order valence-corrected chi connectivity index (χ0v) is 9.01. The summed E-state index contributed by atoms with van der Waals surface area (Å²) in [7, 11) is 0. The number of allylic oxidation sites excluding steroid dienone is 2. The maximum atomic E-state index is 9.93. The Morgan fingerprint density at radius 1 is 1.25 bits per heavy atom. The van der Waals surface area contributed by atoms with E-state index in [1.165, 1.54) is 0 Å². The molecule has 0 spiro atoms. The molecule has 0 radical (unpaired) electrons. The quantitative estimate of drug-likeness (QED) is 0.681. The smallest absolute Gasteiger partial charge is 0.0962 e. The van der Waals surface area contributed by atoms with Gasteiger partial charge >= 0.3 is 0 Å². The Kier molecular flexibility index (Phi) is 2.81. The second kappa shape index (κ2) is 4.12. The van der Waals surface area contributed by atoms with Gasteiger partial charge in [0.05, 0.1) is 11.6 Å². The lowest BCUT2D eigenvalue weighted by molar-refractivity contribution is 0.144. The van der Waals surface area contributed by atoms with Crippen LogP contribution in [0.2, 0.25) is 0 Å². The number of benzene rings is 1. The highest BCUT2D eigenvalue weighted by atomic mass is 16.3.